The van der Waals surface area contributed by atoms with Crippen LogP contribution in [0.5, 0.6) is 0 Å². The third kappa shape index (κ3) is 9.34. The van der Waals surface area contributed by atoms with Gasteiger partial charge in [0.2, 0.25) is 0 Å². The summed E-state index contributed by atoms with van der Waals surface area (Å²) in [7, 11) is 0. The largest absolute Gasteiger partial charge is 0.478 e. The van der Waals surface area contributed by atoms with Gasteiger partial charge < -0.3 is 15.7 Å². The predicted molar refractivity (Wildman–Crippen MR) is 128 cm³/mol. The minimum Gasteiger partial charge on any atom is -0.478 e. The Balaban J connectivity index is 1.69. The van der Waals surface area contributed by atoms with Gasteiger partial charge in [0, 0.05) is 18.8 Å². The highest BCUT2D eigenvalue weighted by Crippen LogP contribution is 2.22. The van der Waals surface area contributed by atoms with E-state index in [0.29, 0.717) is 17.8 Å². The van der Waals surface area contributed by atoms with Crippen LogP contribution >= 0.6 is 0 Å². The molecule has 4 heteroatoms. The van der Waals surface area contributed by atoms with E-state index in [9.17, 15) is 9.90 Å². The predicted octanol–water partition coefficient (Wildman–Crippen LogP) is 7.33. The molecule has 4 nitrogen and oxygen atoms in total. The molecule has 0 aromatic heterocycles. The molecule has 30 heavy (non-hydrogen) atoms. The van der Waals surface area contributed by atoms with Crippen LogP contribution in [0.2, 0.25) is 0 Å². The topological polar surface area (TPSA) is 61.4 Å². The Labute approximate surface area is 182 Å². The van der Waals surface area contributed by atoms with E-state index < -0.39 is 5.97 Å². The normalized spacial score (nSPS) is 10.7. The summed E-state index contributed by atoms with van der Waals surface area (Å²) in [4.78, 5) is 11.5. The Kier molecular flexibility index (Phi) is 11.5. The van der Waals surface area contributed by atoms with E-state index in [1.54, 1.807) is 6.07 Å². The quantitative estimate of drug-likeness (QED) is 0.254. The molecule has 0 radical (unpaired) electrons. The van der Waals surface area contributed by atoms with Gasteiger partial charge >= 0.3 is 5.97 Å². The van der Waals surface area contributed by atoms with Gasteiger partial charge in [0.25, 0.3) is 0 Å². The van der Waals surface area contributed by atoms with Gasteiger partial charge in [-0.05, 0) is 30.2 Å². The molecule has 0 aliphatic carbocycles. The summed E-state index contributed by atoms with van der Waals surface area (Å²) >= 11 is 0. The summed E-state index contributed by atoms with van der Waals surface area (Å²) < 4.78 is 0. The van der Waals surface area contributed by atoms with Gasteiger partial charge in [-0.2, -0.15) is 0 Å². The molecular weight excluding hydrogens is 372 g/mol. The molecule has 0 amide bonds. The first kappa shape index (κ1) is 23.8. The van der Waals surface area contributed by atoms with Crippen LogP contribution in [0.3, 0.4) is 0 Å². The number of carboxylic acids is 1. The van der Waals surface area contributed by atoms with E-state index in [1.807, 2.05) is 42.5 Å². The molecule has 0 heterocycles. The molecule has 2 rings (SSSR count). The van der Waals surface area contributed by atoms with E-state index >= 15 is 0 Å². The van der Waals surface area contributed by atoms with Crippen molar-refractivity contribution in [3.05, 3.63) is 59.7 Å². The van der Waals surface area contributed by atoms with Crippen LogP contribution in [-0.4, -0.2) is 17.6 Å². The molecule has 0 unspecified atom stereocenters. The van der Waals surface area contributed by atoms with E-state index in [2.05, 4.69) is 17.6 Å². The molecule has 0 fully saturated rings. The number of aromatic carboxylic acids is 1. The lowest BCUT2D eigenvalue weighted by atomic mass is 10.1. The first-order chi connectivity index (χ1) is 14.7. The molecule has 0 aliphatic rings. The smallest absolute Gasteiger partial charge is 0.337 e. The molecule has 2 aromatic rings. The number of benzene rings is 2. The Morgan fingerprint density at radius 1 is 0.800 bits per heavy atom. The van der Waals surface area contributed by atoms with Crippen molar-refractivity contribution in [3.8, 4) is 0 Å². The van der Waals surface area contributed by atoms with Gasteiger partial charge in [-0.15, -0.1) is 0 Å². The Morgan fingerprint density at radius 3 is 2.07 bits per heavy atom. The van der Waals surface area contributed by atoms with Crippen molar-refractivity contribution in [2.45, 2.75) is 77.7 Å². The maximum Gasteiger partial charge on any atom is 0.337 e. The fourth-order valence-electron chi connectivity index (χ4n) is 3.63. The van der Waals surface area contributed by atoms with Crippen LogP contribution in [0, 0.1) is 0 Å². The number of hydrogen-bond donors (Lipinski definition) is 3. The van der Waals surface area contributed by atoms with Crippen LogP contribution < -0.4 is 10.6 Å². The van der Waals surface area contributed by atoms with Crippen LogP contribution in [-0.2, 0) is 6.54 Å². The summed E-state index contributed by atoms with van der Waals surface area (Å²) in [6.45, 7) is 3.78. The zero-order valence-electron chi connectivity index (χ0n) is 18.5. The molecular formula is C26H38N2O2. The highest BCUT2D eigenvalue weighted by Gasteiger charge is 2.10. The van der Waals surface area contributed by atoms with E-state index in [4.69, 9.17) is 0 Å². The first-order valence-corrected chi connectivity index (χ1v) is 11.6. The summed E-state index contributed by atoms with van der Waals surface area (Å²) in [5, 5.41) is 16.2. The molecule has 2 aromatic carbocycles. The van der Waals surface area contributed by atoms with Gasteiger partial charge in [0.05, 0.1) is 11.3 Å². The molecule has 0 aliphatic heterocycles. The first-order valence-electron chi connectivity index (χ1n) is 11.6. The van der Waals surface area contributed by atoms with Crippen molar-refractivity contribution >= 4 is 17.3 Å². The number of carboxylic acid groups (broad SMARTS) is 1. The Bertz CT molecular complexity index is 731. The monoisotopic (exact) mass is 410 g/mol. The second kappa shape index (κ2) is 14.5. The van der Waals surface area contributed by atoms with Crippen molar-refractivity contribution in [2.75, 3.05) is 17.2 Å². The maximum absolute atomic E-state index is 11.5. The molecule has 0 saturated heterocycles. The average molecular weight is 411 g/mol. The Morgan fingerprint density at radius 2 is 1.43 bits per heavy atom. The standard InChI is InChI=1S/C26H38N2O2/c1-2-3-4-5-6-7-8-9-10-14-19-27-23-17-18-24(26(29)30)25(20-23)28-21-22-15-12-11-13-16-22/h11-13,15-18,20,27-28H,2-10,14,19,21H2,1H3,(H,29,30). The fourth-order valence-corrected chi connectivity index (χ4v) is 3.63. The lowest BCUT2D eigenvalue weighted by Gasteiger charge is -2.13. The summed E-state index contributed by atoms with van der Waals surface area (Å²) in [5.74, 6) is -0.910. The van der Waals surface area contributed by atoms with E-state index in [1.165, 1.54) is 57.8 Å². The minimum absolute atomic E-state index is 0.301. The third-order valence-corrected chi connectivity index (χ3v) is 5.44. The molecule has 0 saturated carbocycles. The van der Waals surface area contributed by atoms with Crippen LogP contribution in [0.15, 0.2) is 48.5 Å². The number of nitrogens with one attached hydrogen (secondary N) is 2. The van der Waals surface area contributed by atoms with Gasteiger partial charge in [-0.25, -0.2) is 4.79 Å². The zero-order valence-corrected chi connectivity index (χ0v) is 18.5. The number of unbranched alkanes of at least 4 members (excludes halogenated alkanes) is 9. The van der Waals surface area contributed by atoms with Crippen molar-refractivity contribution in [2.24, 2.45) is 0 Å². The van der Waals surface area contributed by atoms with Crippen LogP contribution in [0.25, 0.3) is 0 Å². The highest BCUT2D eigenvalue weighted by atomic mass is 16.4. The van der Waals surface area contributed by atoms with E-state index in [0.717, 1.165) is 24.2 Å². The summed E-state index contributed by atoms with van der Waals surface area (Å²) in [6, 6.07) is 15.4. The second-order valence-corrected chi connectivity index (χ2v) is 8.01. The van der Waals surface area contributed by atoms with Crippen molar-refractivity contribution < 1.29 is 9.90 Å². The minimum atomic E-state index is -0.910. The molecule has 0 bridgehead atoms. The van der Waals surface area contributed by atoms with Crippen molar-refractivity contribution in [1.29, 1.82) is 0 Å². The maximum atomic E-state index is 11.5. The lowest BCUT2D eigenvalue weighted by molar-refractivity contribution is 0.0698. The SMILES string of the molecule is CCCCCCCCCCCCNc1ccc(C(=O)O)c(NCc2ccccc2)c1. The molecule has 164 valence electrons. The van der Waals surface area contributed by atoms with Gasteiger partial charge in [0.1, 0.15) is 0 Å². The molecule has 3 N–H and O–H groups in total. The third-order valence-electron chi connectivity index (χ3n) is 5.44. The fraction of sp³-hybridized carbons (Fsp3) is 0.500. The van der Waals surface area contributed by atoms with E-state index in [-0.39, 0.29) is 0 Å². The summed E-state index contributed by atoms with van der Waals surface area (Å²) in [6.07, 6.45) is 13.3. The van der Waals surface area contributed by atoms with Gasteiger partial charge in [-0.1, -0.05) is 95.0 Å². The van der Waals surface area contributed by atoms with Crippen LogP contribution in [0.1, 0.15) is 87.1 Å². The lowest BCUT2D eigenvalue weighted by Crippen LogP contribution is -2.08. The number of carbonyl (C=O) groups is 1. The second-order valence-electron chi connectivity index (χ2n) is 8.01. The van der Waals surface area contributed by atoms with Crippen molar-refractivity contribution in [3.63, 3.8) is 0 Å². The number of hydrogen-bond acceptors (Lipinski definition) is 3. The molecule has 0 spiro atoms. The van der Waals surface area contributed by atoms with Gasteiger partial charge in [0.15, 0.2) is 0 Å². The number of rotatable bonds is 16. The molecule has 0 atom stereocenters. The summed E-state index contributed by atoms with van der Waals surface area (Å²) in [5.41, 5.74) is 3.04. The number of anilines is 2. The van der Waals surface area contributed by atoms with Gasteiger partial charge in [-0.3, -0.25) is 0 Å². The highest BCUT2D eigenvalue weighted by molar-refractivity contribution is 5.95. The van der Waals surface area contributed by atoms with Crippen molar-refractivity contribution in [1.82, 2.24) is 0 Å². The Hall–Kier alpha value is -2.49. The van der Waals surface area contributed by atoms with Crippen LogP contribution in [0.4, 0.5) is 11.4 Å². The average Bonchev–Trinajstić information content (AvgIpc) is 2.76. The zero-order chi connectivity index (χ0) is 21.4.